The smallest absolute Gasteiger partial charge is 0.171 e. The van der Waals surface area contributed by atoms with Crippen molar-refractivity contribution in [3.63, 3.8) is 0 Å². The Kier molecular flexibility index (Phi) is 4.70. The first kappa shape index (κ1) is 14.6. The molecule has 19 heavy (non-hydrogen) atoms. The molecule has 0 bridgehead atoms. The Balaban J connectivity index is 2.40. The SMILES string of the molecule is CCS(=O)(=O)C1CSCCN1c1cccnc1CN. The molecule has 1 saturated heterocycles. The van der Waals surface area contributed by atoms with Crippen molar-refractivity contribution in [2.24, 2.45) is 5.73 Å². The van der Waals surface area contributed by atoms with Crippen molar-refractivity contribution in [3.8, 4) is 0 Å². The lowest BCUT2D eigenvalue weighted by Gasteiger charge is -2.37. The average molecular weight is 301 g/mol. The minimum Gasteiger partial charge on any atom is -0.352 e. The summed E-state index contributed by atoms with van der Waals surface area (Å²) < 4.78 is 24.5. The van der Waals surface area contributed by atoms with Crippen molar-refractivity contribution >= 4 is 27.3 Å². The van der Waals surface area contributed by atoms with E-state index in [9.17, 15) is 8.42 Å². The van der Waals surface area contributed by atoms with Gasteiger partial charge in [0.2, 0.25) is 0 Å². The summed E-state index contributed by atoms with van der Waals surface area (Å²) in [6.07, 6.45) is 1.69. The van der Waals surface area contributed by atoms with Crippen LogP contribution in [0, 0.1) is 0 Å². The maximum Gasteiger partial charge on any atom is 0.171 e. The van der Waals surface area contributed by atoms with E-state index in [2.05, 4.69) is 4.98 Å². The van der Waals surface area contributed by atoms with Crippen LogP contribution in [0.2, 0.25) is 0 Å². The second kappa shape index (κ2) is 6.11. The van der Waals surface area contributed by atoms with Gasteiger partial charge in [-0.3, -0.25) is 4.98 Å². The molecule has 2 heterocycles. The molecule has 5 nitrogen and oxygen atoms in total. The van der Waals surface area contributed by atoms with E-state index in [1.165, 1.54) is 0 Å². The molecule has 0 aliphatic carbocycles. The lowest BCUT2D eigenvalue weighted by molar-refractivity contribution is 0.579. The number of pyridine rings is 1. The number of hydrogen-bond donors (Lipinski definition) is 1. The molecule has 0 saturated carbocycles. The molecule has 106 valence electrons. The molecule has 7 heteroatoms. The molecule has 1 unspecified atom stereocenters. The third-order valence-corrected chi connectivity index (χ3v) is 6.56. The maximum atomic E-state index is 12.2. The molecule has 1 aromatic rings. The van der Waals surface area contributed by atoms with E-state index in [-0.39, 0.29) is 5.75 Å². The van der Waals surface area contributed by atoms with Gasteiger partial charge in [-0.1, -0.05) is 6.92 Å². The summed E-state index contributed by atoms with van der Waals surface area (Å²) in [4.78, 5) is 6.20. The molecular formula is C12H19N3O2S2. The summed E-state index contributed by atoms with van der Waals surface area (Å²) in [5.41, 5.74) is 7.31. The van der Waals surface area contributed by atoms with Crippen LogP contribution in [0.15, 0.2) is 18.3 Å². The van der Waals surface area contributed by atoms with Gasteiger partial charge in [0.05, 0.1) is 11.4 Å². The number of rotatable bonds is 4. The van der Waals surface area contributed by atoms with Gasteiger partial charge in [-0.15, -0.1) is 0 Å². The van der Waals surface area contributed by atoms with Gasteiger partial charge >= 0.3 is 0 Å². The van der Waals surface area contributed by atoms with Crippen LogP contribution in [0.3, 0.4) is 0 Å². The van der Waals surface area contributed by atoms with Crippen LogP contribution >= 0.6 is 11.8 Å². The predicted octanol–water partition coefficient (Wildman–Crippen LogP) is 0.854. The molecular weight excluding hydrogens is 282 g/mol. The zero-order valence-electron chi connectivity index (χ0n) is 10.9. The normalized spacial score (nSPS) is 20.5. The molecule has 1 aliphatic heterocycles. The third kappa shape index (κ3) is 3.04. The molecule has 1 fully saturated rings. The highest BCUT2D eigenvalue weighted by Gasteiger charge is 2.33. The van der Waals surface area contributed by atoms with E-state index in [0.29, 0.717) is 18.8 Å². The summed E-state index contributed by atoms with van der Waals surface area (Å²) in [5.74, 6) is 1.69. The molecule has 1 atom stereocenters. The van der Waals surface area contributed by atoms with Gasteiger partial charge in [0.25, 0.3) is 0 Å². The summed E-state index contributed by atoms with van der Waals surface area (Å²) in [6, 6.07) is 3.73. The molecule has 2 rings (SSSR count). The Hall–Kier alpha value is -0.790. The summed E-state index contributed by atoms with van der Waals surface area (Å²) >= 11 is 1.68. The Bertz CT molecular complexity index is 534. The van der Waals surface area contributed by atoms with E-state index < -0.39 is 15.2 Å². The van der Waals surface area contributed by atoms with Crippen molar-refractivity contribution < 1.29 is 8.42 Å². The number of thioether (sulfide) groups is 1. The standard InChI is InChI=1S/C12H19N3O2S2/c1-2-19(16,17)12-9-18-7-6-15(12)11-4-3-5-14-10(11)8-13/h3-5,12H,2,6-9,13H2,1H3. The molecule has 0 radical (unpaired) electrons. The Morgan fingerprint density at radius 3 is 3.05 bits per heavy atom. The van der Waals surface area contributed by atoms with Gasteiger partial charge in [0.1, 0.15) is 5.37 Å². The molecule has 1 aromatic heterocycles. The van der Waals surface area contributed by atoms with Crippen LogP contribution in [0.4, 0.5) is 5.69 Å². The highest BCUT2D eigenvalue weighted by atomic mass is 32.2. The van der Waals surface area contributed by atoms with E-state index in [1.54, 1.807) is 24.9 Å². The van der Waals surface area contributed by atoms with Gasteiger partial charge in [-0.25, -0.2) is 8.42 Å². The largest absolute Gasteiger partial charge is 0.352 e. The van der Waals surface area contributed by atoms with Crippen LogP contribution in [0.25, 0.3) is 0 Å². The van der Waals surface area contributed by atoms with Gasteiger partial charge in [-0.2, -0.15) is 11.8 Å². The van der Waals surface area contributed by atoms with E-state index in [4.69, 9.17) is 5.73 Å². The first-order chi connectivity index (χ1) is 9.10. The number of anilines is 1. The highest BCUT2D eigenvalue weighted by molar-refractivity contribution is 8.01. The van der Waals surface area contributed by atoms with E-state index in [0.717, 1.165) is 17.1 Å². The molecule has 2 N–H and O–H groups in total. The van der Waals surface area contributed by atoms with Crippen molar-refractivity contribution in [2.45, 2.75) is 18.8 Å². The molecule has 1 aliphatic rings. The number of sulfone groups is 1. The average Bonchev–Trinajstić information content (AvgIpc) is 2.47. The van der Waals surface area contributed by atoms with E-state index in [1.807, 2.05) is 17.0 Å². The predicted molar refractivity (Wildman–Crippen MR) is 80.0 cm³/mol. The monoisotopic (exact) mass is 301 g/mol. The maximum absolute atomic E-state index is 12.2. The lowest BCUT2D eigenvalue weighted by atomic mass is 10.2. The van der Waals surface area contributed by atoms with Crippen LogP contribution in [-0.2, 0) is 16.4 Å². The topological polar surface area (TPSA) is 76.3 Å². The zero-order chi connectivity index (χ0) is 13.9. The van der Waals surface area contributed by atoms with Crippen LogP contribution in [-0.4, -0.2) is 42.6 Å². The first-order valence-corrected chi connectivity index (χ1v) is 9.17. The summed E-state index contributed by atoms with van der Waals surface area (Å²) in [5, 5.41) is -0.467. The van der Waals surface area contributed by atoms with Gasteiger partial charge in [-0.05, 0) is 12.1 Å². The summed E-state index contributed by atoms with van der Waals surface area (Å²) in [6.45, 7) is 2.73. The second-order valence-electron chi connectivity index (χ2n) is 4.35. The fraction of sp³-hybridized carbons (Fsp3) is 0.583. The molecule has 0 aromatic carbocycles. The van der Waals surface area contributed by atoms with Crippen molar-refractivity contribution in [1.29, 1.82) is 0 Å². The van der Waals surface area contributed by atoms with Crippen LogP contribution in [0.1, 0.15) is 12.6 Å². The Morgan fingerprint density at radius 1 is 1.58 bits per heavy atom. The number of hydrogen-bond acceptors (Lipinski definition) is 6. The third-order valence-electron chi connectivity index (χ3n) is 3.27. The molecule has 0 spiro atoms. The first-order valence-electron chi connectivity index (χ1n) is 6.30. The van der Waals surface area contributed by atoms with Crippen molar-refractivity contribution in [3.05, 3.63) is 24.0 Å². The second-order valence-corrected chi connectivity index (χ2v) is 7.94. The number of nitrogens with zero attached hydrogens (tertiary/aromatic N) is 2. The van der Waals surface area contributed by atoms with Gasteiger partial charge in [0.15, 0.2) is 9.84 Å². The Morgan fingerprint density at radius 2 is 2.37 bits per heavy atom. The highest BCUT2D eigenvalue weighted by Crippen LogP contribution is 2.28. The fourth-order valence-corrected chi connectivity index (χ4v) is 5.18. The van der Waals surface area contributed by atoms with Gasteiger partial charge in [0, 0.05) is 36.5 Å². The number of aromatic nitrogens is 1. The molecule has 0 amide bonds. The van der Waals surface area contributed by atoms with Crippen molar-refractivity contribution in [2.75, 3.05) is 28.7 Å². The van der Waals surface area contributed by atoms with Crippen molar-refractivity contribution in [1.82, 2.24) is 4.98 Å². The minimum atomic E-state index is -3.11. The number of nitrogens with two attached hydrogens (primary N) is 1. The lowest BCUT2D eigenvalue weighted by Crippen LogP contribution is -2.48. The van der Waals surface area contributed by atoms with Gasteiger partial charge < -0.3 is 10.6 Å². The zero-order valence-corrected chi connectivity index (χ0v) is 12.6. The quantitative estimate of drug-likeness (QED) is 0.888. The van der Waals surface area contributed by atoms with E-state index >= 15 is 0 Å². The van der Waals surface area contributed by atoms with Crippen LogP contribution < -0.4 is 10.6 Å². The fourth-order valence-electron chi connectivity index (χ4n) is 2.19. The Labute approximate surface area is 118 Å². The summed E-state index contributed by atoms with van der Waals surface area (Å²) in [7, 11) is -3.11. The minimum absolute atomic E-state index is 0.160. The van der Waals surface area contributed by atoms with Crippen LogP contribution in [0.5, 0.6) is 0 Å².